The van der Waals surface area contributed by atoms with Crippen molar-refractivity contribution in [3.05, 3.63) is 0 Å². The van der Waals surface area contributed by atoms with Gasteiger partial charge in [-0.15, -0.1) is 5.92 Å². The molecule has 1 nitrogen and oxygen atoms in total. The normalized spacial score (nSPS) is 23.1. The molecule has 0 aliphatic heterocycles. The predicted molar refractivity (Wildman–Crippen MR) is 80.4 cm³/mol. The van der Waals surface area contributed by atoms with Crippen molar-refractivity contribution in [2.75, 3.05) is 13.6 Å². The van der Waals surface area contributed by atoms with Crippen molar-refractivity contribution in [3.63, 3.8) is 0 Å². The van der Waals surface area contributed by atoms with Crippen LogP contribution in [0.25, 0.3) is 0 Å². The van der Waals surface area contributed by atoms with Crippen LogP contribution in [0.5, 0.6) is 0 Å². The van der Waals surface area contributed by atoms with Crippen molar-refractivity contribution in [2.24, 2.45) is 17.8 Å². The Bertz CT molecular complexity index is 274. The summed E-state index contributed by atoms with van der Waals surface area (Å²) in [5, 5.41) is 0. The second-order valence-corrected chi connectivity index (χ2v) is 6.22. The Labute approximate surface area is 114 Å². The summed E-state index contributed by atoms with van der Waals surface area (Å²) in [6.07, 6.45) is 6.61. The molecule has 0 aromatic carbocycles. The molecule has 1 fully saturated rings. The van der Waals surface area contributed by atoms with Crippen molar-refractivity contribution in [3.8, 4) is 11.8 Å². The Kier molecular flexibility index (Phi) is 6.79. The average molecular weight is 249 g/mol. The lowest BCUT2D eigenvalue weighted by atomic mass is 9.79. The zero-order valence-corrected chi connectivity index (χ0v) is 13.0. The second kappa shape index (κ2) is 7.85. The molecule has 0 spiro atoms. The second-order valence-electron chi connectivity index (χ2n) is 6.22. The fourth-order valence-electron chi connectivity index (χ4n) is 2.62. The molecule has 0 heterocycles. The molecule has 0 aromatic rings. The monoisotopic (exact) mass is 249 g/mol. The third kappa shape index (κ3) is 5.02. The molecule has 1 aliphatic carbocycles. The highest BCUT2D eigenvalue weighted by Crippen LogP contribution is 2.31. The molecular weight excluding hydrogens is 218 g/mol. The van der Waals surface area contributed by atoms with E-state index in [1.807, 2.05) is 0 Å². The van der Waals surface area contributed by atoms with E-state index in [-0.39, 0.29) is 0 Å². The maximum atomic E-state index is 3.41. The quantitative estimate of drug-likeness (QED) is 0.638. The fraction of sp³-hybridized carbons (Fsp3) is 0.882. The number of rotatable bonds is 6. The van der Waals surface area contributed by atoms with E-state index in [0.29, 0.717) is 11.8 Å². The van der Waals surface area contributed by atoms with Crippen LogP contribution in [0.15, 0.2) is 0 Å². The molecule has 0 unspecified atom stereocenters. The highest BCUT2D eigenvalue weighted by Gasteiger charge is 2.30. The first kappa shape index (κ1) is 15.6. The highest BCUT2D eigenvalue weighted by molar-refractivity contribution is 5.10. The Hall–Kier alpha value is -0.480. The largest absolute Gasteiger partial charge is 0.303 e. The van der Waals surface area contributed by atoms with Crippen LogP contribution in [0, 0.1) is 29.6 Å². The maximum absolute atomic E-state index is 3.41. The van der Waals surface area contributed by atoms with Gasteiger partial charge in [-0.2, -0.15) is 0 Å². The number of nitrogens with zero attached hydrogens (tertiary/aromatic N) is 1. The summed E-state index contributed by atoms with van der Waals surface area (Å²) in [7, 11) is 2.29. The molecule has 0 N–H and O–H groups in total. The first-order valence-corrected chi connectivity index (χ1v) is 7.78. The maximum Gasteiger partial charge on any atom is 0.0232 e. The first-order chi connectivity index (χ1) is 8.56. The predicted octanol–water partition coefficient (Wildman–Crippen LogP) is 4.18. The molecule has 0 amide bonds. The third-order valence-electron chi connectivity index (χ3n) is 4.36. The van der Waals surface area contributed by atoms with Gasteiger partial charge in [0.05, 0.1) is 0 Å². The SMILES string of the molecule is CCC(CC)CCN(C)C1CC(C#CC(C)C)C1. The standard InChI is InChI=1S/C17H31N/c1-6-15(7-2)10-11-18(5)17-12-16(13-17)9-8-14(3)4/h14-17H,6-7,10-13H2,1-5H3. The van der Waals surface area contributed by atoms with Crippen LogP contribution in [-0.4, -0.2) is 24.5 Å². The molecular formula is C17H31N. The van der Waals surface area contributed by atoms with E-state index in [1.165, 1.54) is 38.6 Å². The van der Waals surface area contributed by atoms with E-state index >= 15 is 0 Å². The Morgan fingerprint density at radius 1 is 1.17 bits per heavy atom. The fourth-order valence-corrected chi connectivity index (χ4v) is 2.62. The van der Waals surface area contributed by atoms with Gasteiger partial charge in [-0.05, 0) is 38.8 Å². The molecule has 0 saturated heterocycles. The molecule has 1 aliphatic rings. The Morgan fingerprint density at radius 2 is 1.78 bits per heavy atom. The lowest BCUT2D eigenvalue weighted by Crippen LogP contribution is -2.42. The smallest absolute Gasteiger partial charge is 0.0232 e. The van der Waals surface area contributed by atoms with Gasteiger partial charge < -0.3 is 4.90 Å². The lowest BCUT2D eigenvalue weighted by Gasteiger charge is -2.39. The summed E-state index contributed by atoms with van der Waals surface area (Å²) in [5.74, 6) is 8.84. The van der Waals surface area contributed by atoms with E-state index in [1.54, 1.807) is 0 Å². The zero-order chi connectivity index (χ0) is 13.5. The molecule has 0 bridgehead atoms. The van der Waals surface area contributed by atoms with Gasteiger partial charge in [0, 0.05) is 17.9 Å². The van der Waals surface area contributed by atoms with Crippen molar-refractivity contribution in [2.45, 2.75) is 65.8 Å². The van der Waals surface area contributed by atoms with Crippen LogP contribution in [-0.2, 0) is 0 Å². The van der Waals surface area contributed by atoms with Crippen LogP contribution in [0.2, 0.25) is 0 Å². The van der Waals surface area contributed by atoms with Gasteiger partial charge >= 0.3 is 0 Å². The van der Waals surface area contributed by atoms with Crippen molar-refractivity contribution in [1.29, 1.82) is 0 Å². The van der Waals surface area contributed by atoms with Gasteiger partial charge in [0.25, 0.3) is 0 Å². The minimum Gasteiger partial charge on any atom is -0.303 e. The molecule has 0 aromatic heterocycles. The van der Waals surface area contributed by atoms with E-state index in [2.05, 4.69) is 51.5 Å². The summed E-state index contributed by atoms with van der Waals surface area (Å²) >= 11 is 0. The van der Waals surface area contributed by atoms with Gasteiger partial charge in [0.15, 0.2) is 0 Å². The summed E-state index contributed by atoms with van der Waals surface area (Å²) in [6, 6.07) is 0.797. The van der Waals surface area contributed by atoms with Crippen molar-refractivity contribution < 1.29 is 0 Å². The molecule has 1 rings (SSSR count). The third-order valence-corrected chi connectivity index (χ3v) is 4.36. The molecule has 0 atom stereocenters. The first-order valence-electron chi connectivity index (χ1n) is 7.78. The van der Waals surface area contributed by atoms with Gasteiger partial charge in [-0.3, -0.25) is 0 Å². The topological polar surface area (TPSA) is 3.24 Å². The van der Waals surface area contributed by atoms with E-state index in [9.17, 15) is 0 Å². The Morgan fingerprint density at radius 3 is 2.28 bits per heavy atom. The van der Waals surface area contributed by atoms with Crippen LogP contribution in [0.3, 0.4) is 0 Å². The number of hydrogen-bond acceptors (Lipinski definition) is 1. The molecule has 18 heavy (non-hydrogen) atoms. The van der Waals surface area contributed by atoms with E-state index in [0.717, 1.165) is 12.0 Å². The van der Waals surface area contributed by atoms with Gasteiger partial charge in [0.2, 0.25) is 0 Å². The summed E-state index contributed by atoms with van der Waals surface area (Å²) < 4.78 is 0. The number of hydrogen-bond donors (Lipinski definition) is 0. The summed E-state index contributed by atoms with van der Waals surface area (Å²) in [4.78, 5) is 2.56. The molecule has 104 valence electrons. The zero-order valence-electron chi connectivity index (χ0n) is 13.0. The van der Waals surface area contributed by atoms with Crippen LogP contribution in [0.4, 0.5) is 0 Å². The minimum atomic E-state index is 0.525. The van der Waals surface area contributed by atoms with Gasteiger partial charge in [-0.1, -0.05) is 46.5 Å². The van der Waals surface area contributed by atoms with Gasteiger partial charge in [0.1, 0.15) is 0 Å². The van der Waals surface area contributed by atoms with E-state index < -0.39 is 0 Å². The van der Waals surface area contributed by atoms with Crippen molar-refractivity contribution in [1.82, 2.24) is 4.90 Å². The van der Waals surface area contributed by atoms with Crippen LogP contribution in [0.1, 0.15) is 59.8 Å². The summed E-state index contributed by atoms with van der Waals surface area (Å²) in [6.45, 7) is 10.2. The van der Waals surface area contributed by atoms with E-state index in [4.69, 9.17) is 0 Å². The molecule has 0 radical (unpaired) electrons. The van der Waals surface area contributed by atoms with Crippen LogP contribution >= 0.6 is 0 Å². The molecule has 1 saturated carbocycles. The van der Waals surface area contributed by atoms with Gasteiger partial charge in [-0.25, -0.2) is 0 Å². The van der Waals surface area contributed by atoms with Crippen molar-refractivity contribution >= 4 is 0 Å². The highest BCUT2D eigenvalue weighted by atomic mass is 15.1. The lowest BCUT2D eigenvalue weighted by molar-refractivity contribution is 0.121. The molecule has 1 heteroatoms. The summed E-state index contributed by atoms with van der Waals surface area (Å²) in [5.41, 5.74) is 0. The minimum absolute atomic E-state index is 0.525. The van der Waals surface area contributed by atoms with Crippen LogP contribution < -0.4 is 0 Å². The average Bonchev–Trinajstić information content (AvgIpc) is 2.27. The Balaban J connectivity index is 2.19.